The van der Waals surface area contributed by atoms with E-state index in [1.54, 1.807) is 54.3 Å². The highest BCUT2D eigenvalue weighted by Crippen LogP contribution is 2.28. The molecule has 0 aliphatic rings. The molecule has 2 aromatic carbocycles. The van der Waals surface area contributed by atoms with Crippen LogP contribution in [0, 0.1) is 6.92 Å². The fourth-order valence-corrected chi connectivity index (χ4v) is 4.10. The molecule has 0 heterocycles. The van der Waals surface area contributed by atoms with Gasteiger partial charge in [-0.1, -0.05) is 29.8 Å². The molecule has 0 aliphatic heterocycles. The van der Waals surface area contributed by atoms with Crippen LogP contribution < -0.4 is 9.62 Å². The van der Waals surface area contributed by atoms with Crippen LogP contribution in [0.15, 0.2) is 42.5 Å². The summed E-state index contributed by atoms with van der Waals surface area (Å²) in [4.78, 5) is 27.1. The summed E-state index contributed by atoms with van der Waals surface area (Å²) in [6.45, 7) is 6.06. The van der Waals surface area contributed by atoms with Crippen LogP contribution in [0.4, 0.5) is 11.4 Å². The number of hydrogen-bond acceptors (Lipinski definition) is 4. The van der Waals surface area contributed by atoms with Gasteiger partial charge in [-0.15, -0.1) is 0 Å². The van der Waals surface area contributed by atoms with E-state index in [1.165, 1.54) is 0 Å². The number of carbonyl (C=O) groups is 2. The minimum atomic E-state index is -3.75. The van der Waals surface area contributed by atoms with Gasteiger partial charge in [0.25, 0.3) is 5.91 Å². The van der Waals surface area contributed by atoms with Crippen LogP contribution in [0.2, 0.25) is 5.02 Å². The Balaban J connectivity index is 2.32. The Morgan fingerprint density at radius 1 is 1.03 bits per heavy atom. The SMILES string of the molecule is CCN(CC)C(=O)c1ccccc1NC(=O)CN(c1cccc(Cl)c1C)S(C)(=O)=O. The van der Waals surface area contributed by atoms with Crippen molar-refractivity contribution in [2.45, 2.75) is 20.8 Å². The zero-order valence-corrected chi connectivity index (χ0v) is 19.0. The van der Waals surface area contributed by atoms with Gasteiger partial charge in [-0.25, -0.2) is 8.42 Å². The van der Waals surface area contributed by atoms with Crippen molar-refractivity contribution < 1.29 is 18.0 Å². The normalized spacial score (nSPS) is 11.1. The Labute approximate surface area is 182 Å². The van der Waals surface area contributed by atoms with Gasteiger partial charge in [0.1, 0.15) is 6.54 Å². The van der Waals surface area contributed by atoms with Crippen molar-refractivity contribution in [3.63, 3.8) is 0 Å². The summed E-state index contributed by atoms with van der Waals surface area (Å²) in [7, 11) is -3.75. The zero-order chi connectivity index (χ0) is 22.5. The highest BCUT2D eigenvalue weighted by molar-refractivity contribution is 7.92. The number of para-hydroxylation sites is 1. The maximum atomic E-state index is 12.7. The Hall–Kier alpha value is -2.58. The van der Waals surface area contributed by atoms with Gasteiger partial charge in [0.2, 0.25) is 15.9 Å². The molecule has 2 rings (SSSR count). The number of rotatable bonds is 8. The van der Waals surface area contributed by atoms with Crippen molar-refractivity contribution in [3.05, 3.63) is 58.6 Å². The van der Waals surface area contributed by atoms with Crippen molar-refractivity contribution in [2.75, 3.05) is 35.5 Å². The van der Waals surface area contributed by atoms with Gasteiger partial charge in [-0.05, 0) is 50.6 Å². The van der Waals surface area contributed by atoms with Gasteiger partial charge in [-0.3, -0.25) is 13.9 Å². The molecule has 0 unspecified atom stereocenters. The Morgan fingerprint density at radius 3 is 2.27 bits per heavy atom. The highest BCUT2D eigenvalue weighted by atomic mass is 35.5. The van der Waals surface area contributed by atoms with E-state index in [-0.39, 0.29) is 5.91 Å². The molecule has 162 valence electrons. The average molecular weight is 452 g/mol. The third-order valence-corrected chi connectivity index (χ3v) is 6.21. The molecule has 0 aliphatic carbocycles. The number of halogens is 1. The monoisotopic (exact) mass is 451 g/mol. The van der Waals surface area contributed by atoms with Crippen LogP contribution >= 0.6 is 11.6 Å². The zero-order valence-electron chi connectivity index (χ0n) is 17.5. The second-order valence-electron chi connectivity index (χ2n) is 6.72. The summed E-state index contributed by atoms with van der Waals surface area (Å²) < 4.78 is 25.7. The van der Waals surface area contributed by atoms with Crippen LogP contribution in [-0.2, 0) is 14.8 Å². The molecule has 0 atom stereocenters. The Bertz CT molecular complexity index is 1040. The largest absolute Gasteiger partial charge is 0.339 e. The maximum absolute atomic E-state index is 12.7. The first-order valence-electron chi connectivity index (χ1n) is 9.51. The van der Waals surface area contributed by atoms with E-state index < -0.39 is 22.5 Å². The molecule has 30 heavy (non-hydrogen) atoms. The lowest BCUT2D eigenvalue weighted by Crippen LogP contribution is -2.38. The summed E-state index contributed by atoms with van der Waals surface area (Å²) in [6, 6.07) is 11.5. The van der Waals surface area contributed by atoms with Crippen LogP contribution in [0.5, 0.6) is 0 Å². The minimum absolute atomic E-state index is 0.207. The summed E-state index contributed by atoms with van der Waals surface area (Å²) in [6.07, 6.45) is 1.03. The van der Waals surface area contributed by atoms with Gasteiger partial charge in [0, 0.05) is 18.1 Å². The number of nitrogens with zero attached hydrogens (tertiary/aromatic N) is 2. The maximum Gasteiger partial charge on any atom is 0.255 e. The molecular formula is C21H26ClN3O4S. The van der Waals surface area contributed by atoms with E-state index in [1.807, 2.05) is 13.8 Å². The molecule has 2 amide bonds. The van der Waals surface area contributed by atoms with Crippen molar-refractivity contribution in [1.29, 1.82) is 0 Å². The van der Waals surface area contributed by atoms with E-state index >= 15 is 0 Å². The molecule has 0 saturated heterocycles. The molecule has 1 N–H and O–H groups in total. The quantitative estimate of drug-likeness (QED) is 0.665. The van der Waals surface area contributed by atoms with Gasteiger partial charge in [0.15, 0.2) is 0 Å². The van der Waals surface area contributed by atoms with E-state index in [2.05, 4.69) is 5.32 Å². The van der Waals surface area contributed by atoms with Crippen LogP contribution in [-0.4, -0.2) is 51.0 Å². The predicted octanol–water partition coefficient (Wildman–Crippen LogP) is 3.54. The number of amides is 2. The van der Waals surface area contributed by atoms with Crippen molar-refractivity contribution in [1.82, 2.24) is 4.90 Å². The Morgan fingerprint density at radius 2 is 1.67 bits per heavy atom. The topological polar surface area (TPSA) is 86.8 Å². The fourth-order valence-electron chi connectivity index (χ4n) is 3.03. The molecule has 0 bridgehead atoms. The lowest BCUT2D eigenvalue weighted by molar-refractivity contribution is -0.114. The van der Waals surface area contributed by atoms with E-state index in [0.29, 0.717) is 40.6 Å². The van der Waals surface area contributed by atoms with Gasteiger partial charge >= 0.3 is 0 Å². The van der Waals surface area contributed by atoms with Crippen LogP contribution in [0.1, 0.15) is 29.8 Å². The third kappa shape index (κ3) is 5.52. The molecule has 0 aromatic heterocycles. The van der Waals surface area contributed by atoms with Gasteiger partial charge in [-0.2, -0.15) is 0 Å². The fraction of sp³-hybridized carbons (Fsp3) is 0.333. The number of anilines is 2. The second-order valence-corrected chi connectivity index (χ2v) is 9.04. The van der Waals surface area contributed by atoms with Crippen molar-refractivity contribution >= 4 is 44.8 Å². The van der Waals surface area contributed by atoms with Crippen molar-refractivity contribution in [3.8, 4) is 0 Å². The molecule has 2 aromatic rings. The highest BCUT2D eigenvalue weighted by Gasteiger charge is 2.24. The predicted molar refractivity (Wildman–Crippen MR) is 121 cm³/mol. The van der Waals surface area contributed by atoms with Gasteiger partial charge < -0.3 is 10.2 Å². The summed E-state index contributed by atoms with van der Waals surface area (Å²) in [5.74, 6) is -0.777. The number of benzene rings is 2. The average Bonchev–Trinajstić information content (AvgIpc) is 2.69. The molecule has 0 fully saturated rings. The number of hydrogen-bond donors (Lipinski definition) is 1. The van der Waals surface area contributed by atoms with Crippen LogP contribution in [0.3, 0.4) is 0 Å². The van der Waals surface area contributed by atoms with E-state index in [9.17, 15) is 18.0 Å². The first kappa shape index (κ1) is 23.7. The molecule has 0 spiro atoms. The summed E-state index contributed by atoms with van der Waals surface area (Å²) in [5.41, 5.74) is 1.55. The van der Waals surface area contributed by atoms with Crippen LogP contribution in [0.25, 0.3) is 0 Å². The Kier molecular flexibility index (Phi) is 7.86. The molecule has 9 heteroatoms. The first-order chi connectivity index (χ1) is 14.1. The number of nitrogens with one attached hydrogen (secondary N) is 1. The lowest BCUT2D eigenvalue weighted by atomic mass is 10.1. The smallest absolute Gasteiger partial charge is 0.255 e. The van der Waals surface area contributed by atoms with Gasteiger partial charge in [0.05, 0.1) is 23.2 Å². The van der Waals surface area contributed by atoms with E-state index in [0.717, 1.165) is 10.6 Å². The standard InChI is InChI=1S/C21H26ClN3O4S/c1-5-24(6-2)21(27)16-10-7-8-12-18(16)23-20(26)14-25(30(4,28)29)19-13-9-11-17(22)15(19)3/h7-13H,5-6,14H2,1-4H3,(H,23,26). The first-order valence-corrected chi connectivity index (χ1v) is 11.7. The minimum Gasteiger partial charge on any atom is -0.339 e. The molecular weight excluding hydrogens is 426 g/mol. The summed E-state index contributed by atoms with van der Waals surface area (Å²) >= 11 is 6.12. The third-order valence-electron chi connectivity index (χ3n) is 4.68. The molecule has 0 saturated carbocycles. The second kappa shape index (κ2) is 9.95. The number of carbonyl (C=O) groups excluding carboxylic acids is 2. The molecule has 7 nitrogen and oxygen atoms in total. The van der Waals surface area contributed by atoms with Crippen molar-refractivity contribution in [2.24, 2.45) is 0 Å². The summed E-state index contributed by atoms with van der Waals surface area (Å²) in [5, 5.41) is 3.08. The lowest BCUT2D eigenvalue weighted by Gasteiger charge is -2.24. The molecule has 0 radical (unpaired) electrons. The number of sulfonamides is 1. The van der Waals surface area contributed by atoms with E-state index in [4.69, 9.17) is 11.6 Å².